The summed E-state index contributed by atoms with van der Waals surface area (Å²) in [5, 5.41) is 0. The Morgan fingerprint density at radius 1 is 1.44 bits per heavy atom. The number of benzene rings is 1. The first-order chi connectivity index (χ1) is 8.24. The molecule has 1 aromatic carbocycles. The monoisotopic (exact) mass is 290 g/mol. The number of sulfonamides is 1. The molecule has 102 valence electrons. The number of rotatable bonds is 5. The average Bonchev–Trinajstić information content (AvgIpc) is 2.19. The van der Waals surface area contributed by atoms with Crippen molar-refractivity contribution in [1.29, 1.82) is 0 Å². The molecule has 0 aliphatic rings. The van der Waals surface area contributed by atoms with Gasteiger partial charge in [0, 0.05) is 34.5 Å². The fourth-order valence-corrected chi connectivity index (χ4v) is 4.05. The van der Waals surface area contributed by atoms with Gasteiger partial charge in [0.15, 0.2) is 0 Å². The van der Waals surface area contributed by atoms with E-state index in [-0.39, 0.29) is 16.7 Å². The van der Waals surface area contributed by atoms with Gasteiger partial charge in [-0.1, -0.05) is 6.07 Å². The van der Waals surface area contributed by atoms with Crippen molar-refractivity contribution < 1.29 is 12.6 Å². The van der Waals surface area contributed by atoms with E-state index in [4.69, 9.17) is 5.73 Å². The summed E-state index contributed by atoms with van der Waals surface area (Å²) in [4.78, 5) is 0.163. The summed E-state index contributed by atoms with van der Waals surface area (Å²) in [5.74, 6) is 0.278. The van der Waals surface area contributed by atoms with Gasteiger partial charge < -0.3 is 5.73 Å². The van der Waals surface area contributed by atoms with E-state index in [9.17, 15) is 12.6 Å². The largest absolute Gasteiger partial charge is 0.398 e. The molecule has 0 aromatic heterocycles. The van der Waals surface area contributed by atoms with Crippen molar-refractivity contribution in [2.24, 2.45) is 0 Å². The predicted octanol–water partition coefficient (Wildman–Crippen LogP) is 0.623. The summed E-state index contributed by atoms with van der Waals surface area (Å²) in [7, 11) is -4.67. The molecule has 5 nitrogen and oxygen atoms in total. The van der Waals surface area contributed by atoms with Crippen LogP contribution in [0.3, 0.4) is 0 Å². The molecule has 0 saturated carbocycles. The molecule has 0 saturated heterocycles. The third kappa shape index (κ3) is 3.79. The molecule has 3 N–H and O–H groups in total. The lowest BCUT2D eigenvalue weighted by molar-refractivity contribution is 0.569. The van der Waals surface area contributed by atoms with Gasteiger partial charge >= 0.3 is 0 Å². The average molecular weight is 290 g/mol. The molecular weight excluding hydrogens is 272 g/mol. The quantitative estimate of drug-likeness (QED) is 0.778. The maximum Gasteiger partial charge on any atom is 0.241 e. The first-order valence-corrected chi connectivity index (χ1v) is 8.62. The summed E-state index contributed by atoms with van der Waals surface area (Å²) < 4.78 is 37.8. The van der Waals surface area contributed by atoms with Crippen molar-refractivity contribution in [3.8, 4) is 0 Å². The first kappa shape index (κ1) is 15.1. The van der Waals surface area contributed by atoms with E-state index in [1.165, 1.54) is 12.3 Å². The summed E-state index contributed by atoms with van der Waals surface area (Å²) >= 11 is 0. The minimum Gasteiger partial charge on any atom is -0.398 e. The van der Waals surface area contributed by atoms with Crippen molar-refractivity contribution in [2.75, 3.05) is 17.7 Å². The highest BCUT2D eigenvalue weighted by atomic mass is 32.2. The van der Waals surface area contributed by atoms with E-state index >= 15 is 0 Å². The maximum atomic E-state index is 12.1. The maximum absolute atomic E-state index is 12.1. The lowest BCUT2D eigenvalue weighted by atomic mass is 10.2. The topological polar surface area (TPSA) is 89.3 Å². The second kappa shape index (κ2) is 5.81. The molecule has 18 heavy (non-hydrogen) atoms. The molecule has 0 aliphatic carbocycles. The number of anilines is 1. The van der Waals surface area contributed by atoms with Crippen molar-refractivity contribution in [2.45, 2.75) is 24.8 Å². The van der Waals surface area contributed by atoms with Gasteiger partial charge in [-0.15, -0.1) is 0 Å². The molecule has 0 aliphatic heterocycles. The minimum absolute atomic E-state index is 0.163. The van der Waals surface area contributed by atoms with Crippen LogP contribution in [0.4, 0.5) is 5.69 Å². The number of nitrogens with two attached hydrogens (primary N) is 1. The van der Waals surface area contributed by atoms with E-state index in [2.05, 4.69) is 4.72 Å². The van der Waals surface area contributed by atoms with Gasteiger partial charge in [0.25, 0.3) is 0 Å². The van der Waals surface area contributed by atoms with Crippen molar-refractivity contribution >= 4 is 26.5 Å². The number of nitrogens with one attached hydrogen (secondary N) is 1. The highest BCUT2D eigenvalue weighted by Gasteiger charge is 2.20. The molecule has 2 atom stereocenters. The molecule has 0 bridgehead atoms. The van der Waals surface area contributed by atoms with Crippen LogP contribution in [0.15, 0.2) is 23.1 Å². The van der Waals surface area contributed by atoms with Gasteiger partial charge in [-0.3, -0.25) is 4.21 Å². The van der Waals surface area contributed by atoms with E-state index < -0.39 is 20.8 Å². The van der Waals surface area contributed by atoms with Crippen LogP contribution in [0.2, 0.25) is 0 Å². The Kier molecular flexibility index (Phi) is 4.89. The number of hydrogen-bond donors (Lipinski definition) is 2. The Morgan fingerprint density at radius 2 is 2.06 bits per heavy atom. The highest BCUT2D eigenvalue weighted by molar-refractivity contribution is 7.89. The van der Waals surface area contributed by atoms with Crippen LogP contribution in [0.25, 0.3) is 0 Å². The van der Waals surface area contributed by atoms with Crippen molar-refractivity contribution in [1.82, 2.24) is 4.72 Å². The Balaban J connectivity index is 3.00. The number of nitrogen functional groups attached to an aromatic ring is 1. The first-order valence-electron chi connectivity index (χ1n) is 5.41. The SMILES string of the molecule is Cc1c(N)cccc1S(=O)(=O)NC(C)CS(C)=O. The molecular formula is C11H18N2O3S2. The lowest BCUT2D eigenvalue weighted by Crippen LogP contribution is -2.36. The van der Waals surface area contributed by atoms with Crippen LogP contribution in [0, 0.1) is 6.92 Å². The molecule has 7 heteroatoms. The van der Waals surface area contributed by atoms with Crippen LogP contribution in [0.1, 0.15) is 12.5 Å². The normalized spacial score (nSPS) is 15.3. The van der Waals surface area contributed by atoms with Gasteiger partial charge in [0.2, 0.25) is 10.0 Å². The standard InChI is InChI=1S/C11H18N2O3S2/c1-8(7-17(3)14)13-18(15,16)11-6-4-5-10(12)9(11)2/h4-6,8,13H,7,12H2,1-3H3. The summed E-state index contributed by atoms with van der Waals surface area (Å²) in [5.41, 5.74) is 6.65. The summed E-state index contributed by atoms with van der Waals surface area (Å²) in [6.07, 6.45) is 1.54. The Bertz CT molecular complexity index is 555. The molecule has 0 radical (unpaired) electrons. The Labute approximate surface area is 110 Å². The molecule has 0 spiro atoms. The lowest BCUT2D eigenvalue weighted by Gasteiger charge is -2.15. The third-order valence-corrected chi connectivity index (χ3v) is 5.16. The van der Waals surface area contributed by atoms with Crippen molar-refractivity contribution in [3.05, 3.63) is 23.8 Å². The highest BCUT2D eigenvalue weighted by Crippen LogP contribution is 2.20. The zero-order valence-electron chi connectivity index (χ0n) is 10.6. The van der Waals surface area contributed by atoms with Crippen molar-refractivity contribution in [3.63, 3.8) is 0 Å². The summed E-state index contributed by atoms with van der Waals surface area (Å²) in [6.45, 7) is 3.34. The van der Waals surface area contributed by atoms with E-state index in [1.54, 1.807) is 26.0 Å². The molecule has 0 fully saturated rings. The minimum atomic E-state index is -3.62. The number of hydrogen-bond acceptors (Lipinski definition) is 4. The van der Waals surface area contributed by atoms with Gasteiger partial charge in [-0.2, -0.15) is 0 Å². The van der Waals surface area contributed by atoms with Gasteiger partial charge in [-0.05, 0) is 31.5 Å². The molecule has 2 unspecified atom stereocenters. The third-order valence-electron chi connectivity index (χ3n) is 2.46. The Morgan fingerprint density at radius 3 is 2.61 bits per heavy atom. The zero-order valence-corrected chi connectivity index (χ0v) is 12.3. The van der Waals surface area contributed by atoms with Gasteiger partial charge in [0.1, 0.15) is 0 Å². The summed E-state index contributed by atoms with van der Waals surface area (Å²) in [6, 6.07) is 4.36. The molecule has 0 amide bonds. The van der Waals surface area contributed by atoms with Crippen LogP contribution in [-0.4, -0.2) is 30.7 Å². The fourth-order valence-electron chi connectivity index (χ4n) is 1.64. The van der Waals surface area contributed by atoms with Crippen LogP contribution >= 0.6 is 0 Å². The smallest absolute Gasteiger partial charge is 0.241 e. The van der Waals surface area contributed by atoms with Gasteiger partial charge in [-0.25, -0.2) is 13.1 Å². The molecule has 0 heterocycles. The van der Waals surface area contributed by atoms with Gasteiger partial charge in [0.05, 0.1) is 4.90 Å². The fraction of sp³-hybridized carbons (Fsp3) is 0.455. The molecule has 1 aromatic rings. The van der Waals surface area contributed by atoms with E-state index in [1.807, 2.05) is 0 Å². The molecule has 1 rings (SSSR count). The second-order valence-electron chi connectivity index (χ2n) is 4.23. The predicted molar refractivity (Wildman–Crippen MR) is 74.3 cm³/mol. The Hall–Kier alpha value is -0.920. The van der Waals surface area contributed by atoms with E-state index in [0.717, 1.165) is 0 Å². The van der Waals surface area contributed by atoms with Crippen LogP contribution in [0.5, 0.6) is 0 Å². The van der Waals surface area contributed by atoms with Crippen LogP contribution in [-0.2, 0) is 20.8 Å². The zero-order chi connectivity index (χ0) is 13.9. The van der Waals surface area contributed by atoms with E-state index in [0.29, 0.717) is 11.3 Å². The second-order valence-corrected chi connectivity index (χ2v) is 7.39. The van der Waals surface area contributed by atoms with Crippen LogP contribution < -0.4 is 10.5 Å².